The molecule has 0 aromatic carbocycles. The number of aliphatic hydroxyl groups excluding tert-OH is 2. The Morgan fingerprint density at radius 3 is 1.36 bits per heavy atom. The maximum atomic E-state index is 11.7. The second-order valence-corrected chi connectivity index (χ2v) is 8.08. The minimum atomic E-state index is -1.58. The molecular formula is C23H44O5. The second kappa shape index (κ2) is 19.4. The molecule has 5 heteroatoms. The van der Waals surface area contributed by atoms with E-state index in [0.717, 1.165) is 19.3 Å². The van der Waals surface area contributed by atoms with E-state index in [1.807, 2.05) is 0 Å². The highest BCUT2D eigenvalue weighted by molar-refractivity contribution is 6.00. The van der Waals surface area contributed by atoms with E-state index in [1.165, 1.54) is 77.0 Å². The van der Waals surface area contributed by atoms with Crippen molar-refractivity contribution in [2.75, 3.05) is 6.61 Å². The average molecular weight is 401 g/mol. The number of carboxylic acids is 1. The van der Waals surface area contributed by atoms with Gasteiger partial charge < -0.3 is 15.3 Å². The monoisotopic (exact) mass is 400 g/mol. The zero-order chi connectivity index (χ0) is 21.0. The van der Waals surface area contributed by atoms with E-state index in [2.05, 4.69) is 6.92 Å². The molecule has 2 unspecified atom stereocenters. The SMILES string of the molecule is CCCCCCCCCCCCCCCCCCC(C(=O)O)C(=O)C(O)CO. The summed E-state index contributed by atoms with van der Waals surface area (Å²) in [5, 5.41) is 27.2. The van der Waals surface area contributed by atoms with Crippen LogP contribution in [-0.4, -0.2) is 39.8 Å². The number of ketones is 1. The Bertz CT molecular complexity index is 383. The normalized spacial score (nSPS) is 13.4. The summed E-state index contributed by atoms with van der Waals surface area (Å²) < 4.78 is 0. The van der Waals surface area contributed by atoms with Gasteiger partial charge in [0.1, 0.15) is 12.0 Å². The van der Waals surface area contributed by atoms with Crippen LogP contribution in [0.3, 0.4) is 0 Å². The molecule has 0 aliphatic heterocycles. The van der Waals surface area contributed by atoms with Gasteiger partial charge in [0.15, 0.2) is 5.78 Å². The molecule has 0 aromatic rings. The lowest BCUT2D eigenvalue weighted by Gasteiger charge is -2.14. The summed E-state index contributed by atoms with van der Waals surface area (Å²) in [5.41, 5.74) is 0. The fourth-order valence-corrected chi connectivity index (χ4v) is 3.61. The summed E-state index contributed by atoms with van der Waals surface area (Å²) in [5.74, 6) is -3.19. The van der Waals surface area contributed by atoms with E-state index in [4.69, 9.17) is 10.2 Å². The number of aliphatic carboxylic acids is 1. The van der Waals surface area contributed by atoms with Crippen molar-refractivity contribution >= 4 is 11.8 Å². The zero-order valence-electron chi connectivity index (χ0n) is 18.0. The van der Waals surface area contributed by atoms with Gasteiger partial charge in [0, 0.05) is 0 Å². The Morgan fingerprint density at radius 2 is 1.04 bits per heavy atom. The number of carbonyl (C=O) groups is 2. The van der Waals surface area contributed by atoms with Crippen molar-refractivity contribution in [1.82, 2.24) is 0 Å². The Kier molecular flexibility index (Phi) is 18.7. The van der Waals surface area contributed by atoms with Gasteiger partial charge in [-0.25, -0.2) is 0 Å². The van der Waals surface area contributed by atoms with E-state index in [1.54, 1.807) is 0 Å². The smallest absolute Gasteiger partial charge is 0.314 e. The molecule has 166 valence electrons. The van der Waals surface area contributed by atoms with Crippen molar-refractivity contribution in [1.29, 1.82) is 0 Å². The highest BCUT2D eigenvalue weighted by Gasteiger charge is 2.30. The van der Waals surface area contributed by atoms with Crippen LogP contribution in [-0.2, 0) is 9.59 Å². The third kappa shape index (κ3) is 15.0. The molecule has 0 aliphatic carbocycles. The molecule has 0 aliphatic rings. The highest BCUT2D eigenvalue weighted by Crippen LogP contribution is 2.17. The number of carboxylic acid groups (broad SMARTS) is 1. The Labute approximate surface area is 171 Å². The Balaban J connectivity index is 3.45. The third-order valence-electron chi connectivity index (χ3n) is 5.49. The minimum absolute atomic E-state index is 0.240. The van der Waals surface area contributed by atoms with Crippen LogP contribution in [0.5, 0.6) is 0 Å². The van der Waals surface area contributed by atoms with Gasteiger partial charge >= 0.3 is 5.97 Å². The molecule has 0 bridgehead atoms. The van der Waals surface area contributed by atoms with Crippen molar-refractivity contribution in [3.63, 3.8) is 0 Å². The van der Waals surface area contributed by atoms with Crippen LogP contribution < -0.4 is 0 Å². The molecule has 5 nitrogen and oxygen atoms in total. The number of aliphatic hydroxyl groups is 2. The summed E-state index contributed by atoms with van der Waals surface area (Å²) in [6, 6.07) is 0. The molecule has 0 fully saturated rings. The summed E-state index contributed by atoms with van der Waals surface area (Å²) in [4.78, 5) is 22.9. The summed E-state index contributed by atoms with van der Waals surface area (Å²) in [6.07, 6.45) is 18.6. The van der Waals surface area contributed by atoms with Crippen molar-refractivity contribution in [2.24, 2.45) is 5.92 Å². The Morgan fingerprint density at radius 1 is 0.679 bits per heavy atom. The van der Waals surface area contributed by atoms with Gasteiger partial charge in [0.25, 0.3) is 0 Å². The fourth-order valence-electron chi connectivity index (χ4n) is 3.61. The molecule has 0 aromatic heterocycles. The highest BCUT2D eigenvalue weighted by atomic mass is 16.4. The molecule has 0 saturated heterocycles. The molecular weight excluding hydrogens is 356 g/mol. The molecule has 0 spiro atoms. The first-order valence-electron chi connectivity index (χ1n) is 11.6. The molecule has 0 heterocycles. The second-order valence-electron chi connectivity index (χ2n) is 8.08. The maximum absolute atomic E-state index is 11.7. The largest absolute Gasteiger partial charge is 0.481 e. The lowest BCUT2D eigenvalue weighted by molar-refractivity contribution is -0.150. The van der Waals surface area contributed by atoms with Gasteiger partial charge in [-0.2, -0.15) is 0 Å². The molecule has 2 atom stereocenters. The third-order valence-corrected chi connectivity index (χ3v) is 5.49. The van der Waals surface area contributed by atoms with Crippen molar-refractivity contribution < 1.29 is 24.9 Å². The van der Waals surface area contributed by atoms with Crippen molar-refractivity contribution in [2.45, 2.75) is 122 Å². The molecule has 3 N–H and O–H groups in total. The van der Waals surface area contributed by atoms with Crippen molar-refractivity contribution in [3.8, 4) is 0 Å². The number of carbonyl (C=O) groups excluding carboxylic acids is 1. The van der Waals surface area contributed by atoms with Crippen LogP contribution in [0.25, 0.3) is 0 Å². The van der Waals surface area contributed by atoms with E-state index in [-0.39, 0.29) is 6.42 Å². The van der Waals surface area contributed by atoms with E-state index in [9.17, 15) is 14.7 Å². The molecule has 0 amide bonds. The lowest BCUT2D eigenvalue weighted by atomic mass is 9.93. The molecule has 0 rings (SSSR count). The lowest BCUT2D eigenvalue weighted by Crippen LogP contribution is -2.35. The summed E-state index contributed by atoms with van der Waals surface area (Å²) in [6.45, 7) is 1.53. The van der Waals surface area contributed by atoms with Gasteiger partial charge in [0.05, 0.1) is 6.61 Å². The first kappa shape index (κ1) is 27.1. The fraction of sp³-hybridized carbons (Fsp3) is 0.913. The first-order chi connectivity index (χ1) is 13.5. The number of rotatable bonds is 21. The first-order valence-corrected chi connectivity index (χ1v) is 11.6. The van der Waals surface area contributed by atoms with Crippen LogP contribution in [0.2, 0.25) is 0 Å². The maximum Gasteiger partial charge on any atom is 0.314 e. The van der Waals surface area contributed by atoms with Crippen LogP contribution in [0.4, 0.5) is 0 Å². The standard InChI is InChI=1S/C23H44O5/c1-2-3-4-5-6-7-8-9-10-11-12-13-14-15-16-17-18-20(23(27)28)22(26)21(25)19-24/h20-21,24-25H,2-19H2,1H3,(H,27,28). The van der Waals surface area contributed by atoms with Gasteiger partial charge in [-0.3, -0.25) is 9.59 Å². The van der Waals surface area contributed by atoms with E-state index in [0.29, 0.717) is 6.42 Å². The van der Waals surface area contributed by atoms with Crippen molar-refractivity contribution in [3.05, 3.63) is 0 Å². The van der Waals surface area contributed by atoms with Gasteiger partial charge in [-0.05, 0) is 6.42 Å². The molecule has 0 saturated carbocycles. The van der Waals surface area contributed by atoms with Crippen LogP contribution in [0.15, 0.2) is 0 Å². The number of hydrogen-bond donors (Lipinski definition) is 3. The van der Waals surface area contributed by atoms with Crippen LogP contribution in [0.1, 0.15) is 116 Å². The van der Waals surface area contributed by atoms with E-state index < -0.39 is 30.4 Å². The quantitative estimate of drug-likeness (QED) is 0.180. The van der Waals surface area contributed by atoms with Crippen LogP contribution in [0, 0.1) is 5.92 Å². The zero-order valence-corrected chi connectivity index (χ0v) is 18.0. The molecule has 0 radical (unpaired) electrons. The molecule has 28 heavy (non-hydrogen) atoms. The number of Topliss-reactive ketones (excluding diaryl/α,β-unsaturated/α-hetero) is 1. The average Bonchev–Trinajstić information content (AvgIpc) is 2.69. The van der Waals surface area contributed by atoms with Crippen LogP contribution >= 0.6 is 0 Å². The number of hydrogen-bond acceptors (Lipinski definition) is 4. The van der Waals surface area contributed by atoms with Gasteiger partial charge in [-0.15, -0.1) is 0 Å². The minimum Gasteiger partial charge on any atom is -0.481 e. The van der Waals surface area contributed by atoms with Gasteiger partial charge in [-0.1, -0.05) is 110 Å². The van der Waals surface area contributed by atoms with Gasteiger partial charge in [0.2, 0.25) is 0 Å². The number of unbranched alkanes of at least 4 members (excludes halogenated alkanes) is 15. The topological polar surface area (TPSA) is 94.8 Å². The summed E-state index contributed by atoms with van der Waals surface area (Å²) in [7, 11) is 0. The Hall–Kier alpha value is -0.940. The predicted octanol–water partition coefficient (Wildman–Crippen LogP) is 5.26. The van der Waals surface area contributed by atoms with E-state index >= 15 is 0 Å². The predicted molar refractivity (Wildman–Crippen MR) is 113 cm³/mol. The summed E-state index contributed by atoms with van der Waals surface area (Å²) >= 11 is 0.